The maximum absolute atomic E-state index is 11.7. The standard InChI is InChI=1S/C51H92O31/c1-69-9-22-28(4-52)78-35(47(64)40(22)57)17-73-12-25-32(8-56)81-38(50(67)44(25)61)21-76-16-33-27(14-75-19-36-48(65)41(58)23(10-70-2)29(5-53)79-36)45(62)51(68)39(82-33)20-74-13-26-31(7-55)80-37(49(66)43(26)60)18-72-11-24-30(6-54)77-34(15-71-3)46(63)42(24)59/h22-68H,4-21H2,1-3H3. The lowest BCUT2D eigenvalue weighted by Crippen LogP contribution is -2.60. The first kappa shape index (κ1) is 69.9. The Morgan fingerprint density at radius 2 is 0.378 bits per heavy atom. The highest BCUT2D eigenvalue weighted by atomic mass is 16.6. The van der Waals surface area contributed by atoms with Crippen LogP contribution in [0.2, 0.25) is 0 Å². The van der Waals surface area contributed by atoms with E-state index in [9.17, 15) is 86.8 Å². The molecule has 482 valence electrons. The molecule has 6 saturated heterocycles. The summed E-state index contributed by atoms with van der Waals surface area (Å²) >= 11 is 0. The number of hydrogen-bond acceptors (Lipinski definition) is 31. The first-order chi connectivity index (χ1) is 39.3. The molecule has 31 nitrogen and oxygen atoms in total. The molecule has 82 heavy (non-hydrogen) atoms. The van der Waals surface area contributed by atoms with Crippen molar-refractivity contribution in [1.29, 1.82) is 0 Å². The van der Waals surface area contributed by atoms with Crippen molar-refractivity contribution in [3.63, 3.8) is 0 Å². The van der Waals surface area contributed by atoms with Gasteiger partial charge in [0.05, 0.1) is 192 Å². The maximum atomic E-state index is 11.7. The Balaban J connectivity index is 1.05. The smallest absolute Gasteiger partial charge is 0.110 e. The second-order valence-corrected chi connectivity index (χ2v) is 22.1. The van der Waals surface area contributed by atoms with Crippen molar-refractivity contribution in [2.24, 2.45) is 35.5 Å². The van der Waals surface area contributed by atoms with Crippen LogP contribution in [0.4, 0.5) is 0 Å². The first-order valence-electron chi connectivity index (χ1n) is 27.8. The Morgan fingerprint density at radius 1 is 0.207 bits per heavy atom. The predicted molar refractivity (Wildman–Crippen MR) is 270 cm³/mol. The third kappa shape index (κ3) is 16.9. The number of hydrogen-bond donors (Lipinski definition) is 17. The Labute approximate surface area is 474 Å². The van der Waals surface area contributed by atoms with Gasteiger partial charge in [-0.25, -0.2) is 0 Å². The van der Waals surface area contributed by atoms with E-state index in [2.05, 4.69) is 0 Å². The van der Waals surface area contributed by atoms with E-state index in [4.69, 9.17) is 66.3 Å². The van der Waals surface area contributed by atoms with Crippen molar-refractivity contribution in [1.82, 2.24) is 0 Å². The van der Waals surface area contributed by atoms with Crippen LogP contribution in [0.5, 0.6) is 0 Å². The topological polar surface area (TPSA) is 473 Å². The zero-order valence-electron chi connectivity index (χ0n) is 46.4. The Bertz CT molecular complexity index is 1760. The second-order valence-electron chi connectivity index (χ2n) is 22.1. The summed E-state index contributed by atoms with van der Waals surface area (Å²) in [6.07, 6.45) is -31.0. The van der Waals surface area contributed by atoms with Crippen LogP contribution in [-0.2, 0) is 66.3 Å². The number of aliphatic hydroxyl groups is 17. The van der Waals surface area contributed by atoms with E-state index >= 15 is 0 Å². The molecule has 6 rings (SSSR count). The lowest BCUT2D eigenvalue weighted by atomic mass is 9.86. The Morgan fingerprint density at radius 3 is 0.598 bits per heavy atom. The fourth-order valence-corrected chi connectivity index (χ4v) is 11.8. The molecule has 0 aromatic rings. The average molecular weight is 1200 g/mol. The molecular formula is C51H92O31. The molecule has 30 unspecified atom stereocenters. The van der Waals surface area contributed by atoms with Crippen molar-refractivity contribution in [2.45, 2.75) is 146 Å². The van der Waals surface area contributed by atoms with Crippen LogP contribution in [-0.4, -0.2) is 374 Å². The molecule has 0 amide bonds. The third-order valence-electron chi connectivity index (χ3n) is 16.9. The van der Waals surface area contributed by atoms with E-state index in [1.807, 2.05) is 0 Å². The highest BCUT2D eigenvalue weighted by Crippen LogP contribution is 2.35. The molecule has 0 aromatic carbocycles. The second kappa shape index (κ2) is 33.9. The van der Waals surface area contributed by atoms with Gasteiger partial charge in [0.2, 0.25) is 0 Å². The number of ether oxygens (including phenoxy) is 14. The number of rotatable bonds is 31. The fourth-order valence-electron chi connectivity index (χ4n) is 11.8. The molecule has 0 radical (unpaired) electrons. The van der Waals surface area contributed by atoms with Crippen LogP contribution in [0.15, 0.2) is 0 Å². The molecule has 0 aliphatic carbocycles. The summed E-state index contributed by atoms with van der Waals surface area (Å²) < 4.78 is 80.0. The molecular weight excluding hydrogens is 1110 g/mol. The summed E-state index contributed by atoms with van der Waals surface area (Å²) in [6.45, 7) is -6.50. The van der Waals surface area contributed by atoms with E-state index in [1.165, 1.54) is 21.3 Å². The molecule has 0 aromatic heterocycles. The summed E-state index contributed by atoms with van der Waals surface area (Å²) in [5.74, 6) is -5.58. The summed E-state index contributed by atoms with van der Waals surface area (Å²) in [6, 6.07) is 0. The van der Waals surface area contributed by atoms with Crippen molar-refractivity contribution >= 4 is 0 Å². The van der Waals surface area contributed by atoms with Gasteiger partial charge in [-0.1, -0.05) is 0 Å². The van der Waals surface area contributed by atoms with Crippen LogP contribution in [0, 0.1) is 35.5 Å². The van der Waals surface area contributed by atoms with Crippen molar-refractivity contribution in [3.8, 4) is 0 Å². The largest absolute Gasteiger partial charge is 0.394 e. The zero-order chi connectivity index (χ0) is 59.9. The molecule has 30 atom stereocenters. The Hall–Kier alpha value is -1.24. The normalized spacial score (nSPS) is 45.8. The quantitative estimate of drug-likeness (QED) is 0.0306. The summed E-state index contributed by atoms with van der Waals surface area (Å²) in [4.78, 5) is 0. The lowest BCUT2D eigenvalue weighted by Gasteiger charge is -2.45. The van der Waals surface area contributed by atoms with Gasteiger partial charge in [0.1, 0.15) is 73.2 Å². The van der Waals surface area contributed by atoms with E-state index in [-0.39, 0.29) is 66.1 Å². The minimum absolute atomic E-state index is 0.00287. The summed E-state index contributed by atoms with van der Waals surface area (Å²) in [5.41, 5.74) is 0. The van der Waals surface area contributed by atoms with Crippen LogP contribution in [0.25, 0.3) is 0 Å². The molecule has 6 fully saturated rings. The highest BCUT2D eigenvalue weighted by molar-refractivity contribution is 4.98. The van der Waals surface area contributed by atoms with Crippen molar-refractivity contribution in [2.75, 3.05) is 140 Å². The van der Waals surface area contributed by atoms with Gasteiger partial charge < -0.3 is 153 Å². The van der Waals surface area contributed by atoms with Crippen LogP contribution in [0.3, 0.4) is 0 Å². The molecule has 0 saturated carbocycles. The Kier molecular flexibility index (Phi) is 28.9. The molecule has 0 bridgehead atoms. The van der Waals surface area contributed by atoms with Gasteiger partial charge in [0.15, 0.2) is 0 Å². The van der Waals surface area contributed by atoms with Gasteiger partial charge >= 0.3 is 0 Å². The number of aliphatic hydroxyl groups excluding tert-OH is 17. The fraction of sp³-hybridized carbons (Fsp3) is 1.00. The number of methoxy groups -OCH3 is 3. The molecule has 6 aliphatic heterocycles. The first-order valence-corrected chi connectivity index (χ1v) is 27.8. The highest BCUT2D eigenvalue weighted by Gasteiger charge is 2.51. The molecule has 6 heterocycles. The van der Waals surface area contributed by atoms with Gasteiger partial charge in [-0.05, 0) is 0 Å². The van der Waals surface area contributed by atoms with Gasteiger partial charge in [-0.2, -0.15) is 0 Å². The SMILES string of the molecule is COCC1OC(CO)C(COCC2OC(CO)C(COCC3OC(COCC4OC(CO)C(COCC5OC(CO)C(COC)C(O)C5O)C(O)C4O)C(COCC4OC(CO)C(COC)C(O)C4O)C(O)C3O)C(O)C2O)C(O)C1O. The minimum atomic E-state index is -1.67. The van der Waals surface area contributed by atoms with E-state index in [0.717, 1.165) is 0 Å². The van der Waals surface area contributed by atoms with Crippen molar-refractivity contribution < 1.29 is 153 Å². The van der Waals surface area contributed by atoms with Crippen LogP contribution in [0.1, 0.15) is 0 Å². The van der Waals surface area contributed by atoms with Gasteiger partial charge in [-0.3, -0.25) is 0 Å². The third-order valence-corrected chi connectivity index (χ3v) is 16.9. The molecule has 31 heteroatoms. The predicted octanol–water partition coefficient (Wildman–Crippen LogP) is -10.4. The minimum Gasteiger partial charge on any atom is -0.394 e. The molecule has 0 spiro atoms. The molecule has 17 N–H and O–H groups in total. The summed E-state index contributed by atoms with van der Waals surface area (Å²) in [7, 11) is 4.17. The van der Waals surface area contributed by atoms with E-state index < -0.39 is 235 Å². The lowest BCUT2D eigenvalue weighted by molar-refractivity contribution is -0.257. The van der Waals surface area contributed by atoms with Gasteiger partial charge in [0, 0.05) is 56.8 Å². The summed E-state index contributed by atoms with van der Waals surface area (Å²) in [5, 5.41) is 183. The van der Waals surface area contributed by atoms with Crippen LogP contribution >= 0.6 is 0 Å². The van der Waals surface area contributed by atoms with Gasteiger partial charge in [0.25, 0.3) is 0 Å². The van der Waals surface area contributed by atoms with E-state index in [0.29, 0.717) is 0 Å². The van der Waals surface area contributed by atoms with E-state index in [1.54, 1.807) is 0 Å². The maximum Gasteiger partial charge on any atom is 0.110 e. The van der Waals surface area contributed by atoms with Gasteiger partial charge in [-0.15, -0.1) is 0 Å². The zero-order valence-corrected chi connectivity index (χ0v) is 46.4. The molecule has 6 aliphatic rings. The average Bonchev–Trinajstić information content (AvgIpc) is 3.51. The van der Waals surface area contributed by atoms with Crippen LogP contribution < -0.4 is 0 Å². The monoisotopic (exact) mass is 1200 g/mol. The van der Waals surface area contributed by atoms with Crippen molar-refractivity contribution in [3.05, 3.63) is 0 Å².